The first-order valence-corrected chi connectivity index (χ1v) is 9.45. The lowest BCUT2D eigenvalue weighted by molar-refractivity contribution is 0.174. The first kappa shape index (κ1) is 15.8. The lowest BCUT2D eigenvalue weighted by Crippen LogP contribution is -1.96. The Morgan fingerprint density at radius 3 is 2.96 bits per heavy atom. The molecular formula is C16H14ClN3O2S2. The highest BCUT2D eigenvalue weighted by Gasteiger charge is 2.19. The maximum atomic E-state index is 6.22. The van der Waals surface area contributed by atoms with Crippen molar-refractivity contribution in [1.82, 2.24) is 9.97 Å². The Bertz CT molecular complexity index is 958. The summed E-state index contributed by atoms with van der Waals surface area (Å²) in [5.41, 5.74) is 8.30. The summed E-state index contributed by atoms with van der Waals surface area (Å²) in [6.07, 6.45) is 0. The van der Waals surface area contributed by atoms with Gasteiger partial charge >= 0.3 is 0 Å². The van der Waals surface area contributed by atoms with Crippen LogP contribution in [0.3, 0.4) is 0 Å². The number of nitrogen functional groups attached to an aromatic ring is 1. The second kappa shape index (κ2) is 5.98. The van der Waals surface area contributed by atoms with Crippen LogP contribution in [0.15, 0.2) is 17.3 Å². The fourth-order valence-electron chi connectivity index (χ4n) is 2.58. The number of anilines is 1. The van der Waals surface area contributed by atoms with Crippen molar-refractivity contribution in [2.24, 2.45) is 0 Å². The third-order valence-electron chi connectivity index (χ3n) is 3.89. The lowest BCUT2D eigenvalue weighted by Gasteiger charge is -2.06. The molecule has 1 aliphatic heterocycles. The van der Waals surface area contributed by atoms with Gasteiger partial charge in [-0.05, 0) is 37.1 Å². The number of thiophene rings is 1. The average Bonchev–Trinajstić information content (AvgIpc) is 3.11. The molecule has 124 valence electrons. The predicted molar refractivity (Wildman–Crippen MR) is 98.4 cm³/mol. The number of benzene rings is 1. The van der Waals surface area contributed by atoms with Crippen LogP contribution < -0.4 is 15.2 Å². The molecule has 3 aromatic rings. The summed E-state index contributed by atoms with van der Waals surface area (Å²) in [5, 5.41) is 2.18. The Kier molecular flexibility index (Phi) is 3.94. The number of halogens is 1. The van der Waals surface area contributed by atoms with Gasteiger partial charge in [0.15, 0.2) is 16.7 Å². The van der Waals surface area contributed by atoms with Gasteiger partial charge in [-0.3, -0.25) is 0 Å². The summed E-state index contributed by atoms with van der Waals surface area (Å²) in [5.74, 6) is 2.49. The van der Waals surface area contributed by atoms with Crippen LogP contribution in [0, 0.1) is 13.8 Å². The number of aryl methyl sites for hydroxylation is 2. The van der Waals surface area contributed by atoms with Crippen molar-refractivity contribution in [1.29, 1.82) is 0 Å². The summed E-state index contributed by atoms with van der Waals surface area (Å²) in [4.78, 5) is 11.2. The Hall–Kier alpha value is -1.70. The quantitative estimate of drug-likeness (QED) is 0.531. The summed E-state index contributed by atoms with van der Waals surface area (Å²) in [6.45, 7) is 4.33. The van der Waals surface area contributed by atoms with E-state index in [1.54, 1.807) is 11.3 Å². The largest absolute Gasteiger partial charge is 0.454 e. The molecule has 0 atom stereocenters. The Labute approximate surface area is 152 Å². The number of nitrogens with zero attached hydrogens (tertiary/aromatic N) is 2. The number of hydrogen-bond acceptors (Lipinski definition) is 7. The van der Waals surface area contributed by atoms with Crippen molar-refractivity contribution in [2.45, 2.75) is 24.8 Å². The third-order valence-corrected chi connectivity index (χ3v) is 6.19. The molecule has 4 rings (SSSR count). The molecule has 0 saturated carbocycles. The van der Waals surface area contributed by atoms with Gasteiger partial charge in [0, 0.05) is 10.6 Å². The van der Waals surface area contributed by atoms with Crippen molar-refractivity contribution in [3.8, 4) is 11.5 Å². The maximum Gasteiger partial charge on any atom is 0.231 e. The van der Waals surface area contributed by atoms with Crippen LogP contribution in [0.2, 0.25) is 5.02 Å². The van der Waals surface area contributed by atoms with Crippen LogP contribution in [0.1, 0.15) is 16.0 Å². The zero-order valence-corrected chi connectivity index (χ0v) is 15.4. The first-order valence-electron chi connectivity index (χ1n) is 7.27. The molecule has 1 aromatic carbocycles. The summed E-state index contributed by atoms with van der Waals surface area (Å²) < 4.78 is 10.7. The topological polar surface area (TPSA) is 70.3 Å². The van der Waals surface area contributed by atoms with E-state index in [1.165, 1.54) is 16.6 Å². The molecule has 1 aliphatic rings. The molecule has 2 N–H and O–H groups in total. The highest BCUT2D eigenvalue weighted by molar-refractivity contribution is 7.98. The first-order chi connectivity index (χ1) is 11.5. The molecule has 0 aliphatic carbocycles. The minimum Gasteiger partial charge on any atom is -0.454 e. The van der Waals surface area contributed by atoms with E-state index < -0.39 is 0 Å². The number of nitrogens with two attached hydrogens (primary N) is 1. The van der Waals surface area contributed by atoms with Crippen molar-refractivity contribution < 1.29 is 9.47 Å². The fraction of sp³-hybridized carbons (Fsp3) is 0.250. The molecule has 0 unspecified atom stereocenters. The second-order valence-electron chi connectivity index (χ2n) is 5.45. The van der Waals surface area contributed by atoms with Crippen molar-refractivity contribution in [3.05, 3.63) is 33.2 Å². The molecule has 0 saturated heterocycles. The second-order valence-corrected chi connectivity index (χ2v) is 8.01. The predicted octanol–water partition coefficient (Wildman–Crippen LogP) is 4.56. The van der Waals surface area contributed by atoms with Crippen LogP contribution in [0.25, 0.3) is 10.2 Å². The van der Waals surface area contributed by atoms with Gasteiger partial charge in [0.2, 0.25) is 6.79 Å². The maximum absolute atomic E-state index is 6.22. The zero-order chi connectivity index (χ0) is 16.8. The van der Waals surface area contributed by atoms with E-state index in [1.807, 2.05) is 12.1 Å². The van der Waals surface area contributed by atoms with Gasteiger partial charge in [-0.25, -0.2) is 9.97 Å². The molecule has 2 aromatic heterocycles. The Morgan fingerprint density at radius 2 is 2.12 bits per heavy atom. The van der Waals surface area contributed by atoms with Crippen LogP contribution in [0.4, 0.5) is 5.82 Å². The molecule has 3 heterocycles. The van der Waals surface area contributed by atoms with Gasteiger partial charge in [-0.2, -0.15) is 0 Å². The smallest absolute Gasteiger partial charge is 0.231 e. The molecule has 0 bridgehead atoms. The van der Waals surface area contributed by atoms with Crippen molar-refractivity contribution in [3.63, 3.8) is 0 Å². The molecule has 0 fully saturated rings. The van der Waals surface area contributed by atoms with E-state index in [2.05, 4.69) is 23.8 Å². The summed E-state index contributed by atoms with van der Waals surface area (Å²) in [7, 11) is 0. The SMILES string of the molecule is Cc1sc2nc(SCc3cc(Cl)c4c(c3)OCO4)nc(N)c2c1C. The number of aromatic nitrogens is 2. The normalized spacial score (nSPS) is 13.0. The molecule has 0 amide bonds. The van der Waals surface area contributed by atoms with E-state index in [-0.39, 0.29) is 6.79 Å². The Morgan fingerprint density at radius 1 is 1.29 bits per heavy atom. The average molecular weight is 380 g/mol. The van der Waals surface area contributed by atoms with Crippen LogP contribution in [0.5, 0.6) is 11.5 Å². The van der Waals surface area contributed by atoms with Gasteiger partial charge in [0.25, 0.3) is 0 Å². The lowest BCUT2D eigenvalue weighted by atomic mass is 10.2. The summed E-state index contributed by atoms with van der Waals surface area (Å²) in [6, 6.07) is 3.81. The molecule has 24 heavy (non-hydrogen) atoms. The van der Waals surface area contributed by atoms with Crippen molar-refractivity contribution in [2.75, 3.05) is 12.5 Å². The standard InChI is InChI=1S/C16H14ClN3O2S2/c1-7-8(2)24-15-12(7)14(18)19-16(20-15)23-5-9-3-10(17)13-11(4-9)21-6-22-13/h3-4H,5-6H2,1-2H3,(H2,18,19,20). The Balaban J connectivity index is 1.60. The molecule has 8 heteroatoms. The van der Waals surface area contributed by atoms with Gasteiger partial charge in [-0.15, -0.1) is 11.3 Å². The van der Waals surface area contributed by atoms with E-state index in [9.17, 15) is 0 Å². The minimum atomic E-state index is 0.207. The third kappa shape index (κ3) is 2.66. The van der Waals surface area contributed by atoms with Crippen LogP contribution in [-0.4, -0.2) is 16.8 Å². The highest BCUT2D eigenvalue weighted by Crippen LogP contribution is 2.41. The zero-order valence-electron chi connectivity index (χ0n) is 13.1. The number of rotatable bonds is 3. The number of fused-ring (bicyclic) bond motifs is 2. The minimum absolute atomic E-state index is 0.207. The summed E-state index contributed by atoms with van der Waals surface area (Å²) >= 11 is 9.38. The number of ether oxygens (including phenoxy) is 2. The van der Waals surface area contributed by atoms with Gasteiger partial charge in [0.05, 0.1) is 10.4 Å². The van der Waals surface area contributed by atoms with E-state index in [0.717, 1.165) is 21.3 Å². The van der Waals surface area contributed by atoms with Gasteiger partial charge in [-0.1, -0.05) is 23.4 Å². The molecular weight excluding hydrogens is 366 g/mol. The van der Waals surface area contributed by atoms with Crippen LogP contribution in [-0.2, 0) is 5.75 Å². The van der Waals surface area contributed by atoms with E-state index in [0.29, 0.717) is 33.2 Å². The van der Waals surface area contributed by atoms with Crippen molar-refractivity contribution >= 4 is 50.7 Å². The number of thioether (sulfide) groups is 1. The van der Waals surface area contributed by atoms with Gasteiger partial charge in [0.1, 0.15) is 10.6 Å². The fourth-order valence-corrected chi connectivity index (χ4v) is 4.74. The molecule has 5 nitrogen and oxygen atoms in total. The van der Waals surface area contributed by atoms with E-state index in [4.69, 9.17) is 26.8 Å². The molecule has 0 radical (unpaired) electrons. The molecule has 0 spiro atoms. The highest BCUT2D eigenvalue weighted by atomic mass is 35.5. The van der Waals surface area contributed by atoms with Gasteiger partial charge < -0.3 is 15.2 Å². The monoisotopic (exact) mass is 379 g/mol. The van der Waals surface area contributed by atoms with E-state index >= 15 is 0 Å². The van der Waals surface area contributed by atoms with Crippen LogP contribution >= 0.6 is 34.7 Å². The number of hydrogen-bond donors (Lipinski definition) is 1.